The highest BCUT2D eigenvalue weighted by Crippen LogP contribution is 2.24. The molecule has 2 N–H and O–H groups in total. The molecule has 1 heterocycles. The van der Waals surface area contributed by atoms with E-state index in [4.69, 9.17) is 9.47 Å². The molecule has 146 valence electrons. The molecule has 1 fully saturated rings. The Bertz CT molecular complexity index is 747. The molecule has 0 radical (unpaired) electrons. The minimum Gasteiger partial charge on any atom is -0.509 e. The zero-order chi connectivity index (χ0) is 20.2. The van der Waals surface area contributed by atoms with E-state index in [-0.39, 0.29) is 0 Å². The number of benzene rings is 1. The number of aliphatic hydroxyl groups is 1. The summed E-state index contributed by atoms with van der Waals surface area (Å²) in [5, 5.41) is 12.7. The molecule has 2 atom stereocenters. The van der Waals surface area contributed by atoms with Gasteiger partial charge >= 0.3 is 12.1 Å². The molecule has 0 saturated carbocycles. The van der Waals surface area contributed by atoms with Crippen molar-refractivity contribution in [2.45, 2.75) is 58.3 Å². The Morgan fingerprint density at radius 1 is 1.26 bits per heavy atom. The number of esters is 1. The summed E-state index contributed by atoms with van der Waals surface area (Å²) in [5.41, 5.74) is -0.114. The van der Waals surface area contributed by atoms with E-state index < -0.39 is 46.9 Å². The van der Waals surface area contributed by atoms with Crippen molar-refractivity contribution in [1.82, 2.24) is 5.32 Å². The summed E-state index contributed by atoms with van der Waals surface area (Å²) in [6.45, 7) is 6.55. The molecule has 0 aromatic heterocycles. The van der Waals surface area contributed by atoms with E-state index in [0.29, 0.717) is 12.8 Å². The number of Topliss-reactive ketones (excluding diaryl/α,β-unsaturated/α-hetero) is 1. The van der Waals surface area contributed by atoms with Gasteiger partial charge in [0, 0.05) is 0 Å². The lowest BCUT2D eigenvalue weighted by molar-refractivity contribution is -0.141. The highest BCUT2D eigenvalue weighted by molar-refractivity contribution is 6.23. The molecule has 7 heteroatoms. The van der Waals surface area contributed by atoms with E-state index in [1.54, 1.807) is 20.8 Å². The van der Waals surface area contributed by atoms with Gasteiger partial charge in [-0.1, -0.05) is 30.3 Å². The van der Waals surface area contributed by atoms with Crippen molar-refractivity contribution >= 4 is 17.8 Å². The van der Waals surface area contributed by atoms with Crippen molar-refractivity contribution in [3.8, 4) is 0 Å². The number of rotatable bonds is 5. The van der Waals surface area contributed by atoms with Gasteiger partial charge in [0.05, 0.1) is 6.04 Å². The summed E-state index contributed by atoms with van der Waals surface area (Å²) in [5.74, 6) is -1.99. The second-order valence-corrected chi connectivity index (χ2v) is 7.41. The molecule has 2 rings (SSSR count). The third-order valence-corrected chi connectivity index (χ3v) is 3.93. The molecular formula is C20H25NO6. The number of carbonyl (C=O) groups is 3. The number of carbonyl (C=O) groups excluding carboxylic acids is 3. The van der Waals surface area contributed by atoms with Gasteiger partial charge in [-0.3, -0.25) is 4.79 Å². The number of hydrogen-bond acceptors (Lipinski definition) is 6. The Morgan fingerprint density at radius 2 is 1.89 bits per heavy atom. The topological polar surface area (TPSA) is 102 Å². The largest absolute Gasteiger partial charge is 0.509 e. The average Bonchev–Trinajstić information content (AvgIpc) is 2.85. The number of ether oxygens (including phenoxy) is 2. The van der Waals surface area contributed by atoms with Gasteiger partial charge in [-0.05, 0) is 46.1 Å². The molecular weight excluding hydrogens is 350 g/mol. The zero-order valence-electron chi connectivity index (χ0n) is 15.9. The number of amides is 1. The number of ketones is 1. The first kappa shape index (κ1) is 20.5. The van der Waals surface area contributed by atoms with Gasteiger partial charge in [0.25, 0.3) is 0 Å². The van der Waals surface area contributed by atoms with Crippen molar-refractivity contribution in [2.75, 3.05) is 0 Å². The molecule has 7 nitrogen and oxygen atoms in total. The molecule has 0 bridgehead atoms. The summed E-state index contributed by atoms with van der Waals surface area (Å²) >= 11 is 0. The van der Waals surface area contributed by atoms with Crippen molar-refractivity contribution in [2.24, 2.45) is 0 Å². The molecule has 1 aromatic rings. The van der Waals surface area contributed by atoms with Crippen LogP contribution >= 0.6 is 0 Å². The molecule has 1 aliphatic heterocycles. The van der Waals surface area contributed by atoms with Gasteiger partial charge in [0.15, 0.2) is 6.10 Å². The smallest absolute Gasteiger partial charge is 0.408 e. The summed E-state index contributed by atoms with van der Waals surface area (Å²) < 4.78 is 10.2. The maximum absolute atomic E-state index is 12.5. The Morgan fingerprint density at radius 3 is 2.48 bits per heavy atom. The average molecular weight is 375 g/mol. The fourth-order valence-corrected chi connectivity index (χ4v) is 2.64. The molecule has 2 unspecified atom stereocenters. The Hall–Kier alpha value is -2.83. The van der Waals surface area contributed by atoms with Crippen LogP contribution in [0.25, 0.3) is 0 Å². The van der Waals surface area contributed by atoms with E-state index >= 15 is 0 Å². The van der Waals surface area contributed by atoms with E-state index in [2.05, 4.69) is 5.32 Å². The lowest BCUT2D eigenvalue weighted by atomic mass is 10.0. The van der Waals surface area contributed by atoms with Gasteiger partial charge in [-0.2, -0.15) is 0 Å². The SMILES string of the molecule is CC(NC(=O)OC(C)(C)C)C(O)=C1C(=O)OC(CCc2ccccc2)C1=O. The van der Waals surface area contributed by atoms with E-state index in [1.165, 1.54) is 6.92 Å². The Labute approximate surface area is 158 Å². The quantitative estimate of drug-likeness (QED) is 0.355. The maximum atomic E-state index is 12.5. The van der Waals surface area contributed by atoms with Gasteiger partial charge in [0.1, 0.15) is 16.9 Å². The van der Waals surface area contributed by atoms with Gasteiger partial charge in [0.2, 0.25) is 5.78 Å². The number of aliphatic hydroxyl groups excluding tert-OH is 1. The standard InChI is InChI=1S/C20H25NO6/c1-12(21-19(25)27-20(2,3)4)16(22)15-17(23)14(26-18(15)24)11-10-13-8-6-5-7-9-13/h5-9,12,14,22H,10-11H2,1-4H3,(H,21,25). The Kier molecular flexibility index (Phi) is 6.25. The normalized spacial score (nSPS) is 20.1. The van der Waals surface area contributed by atoms with Gasteiger partial charge < -0.3 is 19.9 Å². The number of nitrogens with one attached hydrogen (secondary N) is 1. The van der Waals surface area contributed by atoms with Crippen LogP contribution in [0.4, 0.5) is 4.79 Å². The number of alkyl carbamates (subject to hydrolysis) is 1. The van der Waals surface area contributed by atoms with Crippen molar-refractivity contribution in [3.63, 3.8) is 0 Å². The minimum absolute atomic E-state index is 0.319. The predicted octanol–water partition coefficient (Wildman–Crippen LogP) is 2.84. The third kappa shape index (κ3) is 5.57. The number of aryl methyl sites for hydroxylation is 1. The number of hydrogen-bond donors (Lipinski definition) is 2. The van der Waals surface area contributed by atoms with E-state index in [1.807, 2.05) is 30.3 Å². The molecule has 0 spiro atoms. The van der Waals surface area contributed by atoms with Crippen molar-refractivity contribution in [1.29, 1.82) is 0 Å². The van der Waals surface area contributed by atoms with Crippen LogP contribution in [-0.4, -0.2) is 40.7 Å². The first-order valence-electron chi connectivity index (χ1n) is 8.80. The molecule has 1 aromatic carbocycles. The monoisotopic (exact) mass is 375 g/mol. The van der Waals surface area contributed by atoms with Crippen LogP contribution in [-0.2, 0) is 25.5 Å². The first-order chi connectivity index (χ1) is 12.6. The summed E-state index contributed by atoms with van der Waals surface area (Å²) in [6.07, 6.45) is -0.825. The van der Waals surface area contributed by atoms with Gasteiger partial charge in [-0.25, -0.2) is 9.59 Å². The van der Waals surface area contributed by atoms with Crippen LogP contribution in [0.2, 0.25) is 0 Å². The lowest BCUT2D eigenvalue weighted by Gasteiger charge is -2.21. The fraction of sp³-hybridized carbons (Fsp3) is 0.450. The first-order valence-corrected chi connectivity index (χ1v) is 8.80. The van der Waals surface area contributed by atoms with E-state index in [9.17, 15) is 19.5 Å². The molecule has 1 saturated heterocycles. The molecule has 0 aliphatic carbocycles. The predicted molar refractivity (Wildman–Crippen MR) is 98.1 cm³/mol. The van der Waals surface area contributed by atoms with Crippen LogP contribution < -0.4 is 5.32 Å². The third-order valence-electron chi connectivity index (χ3n) is 3.93. The van der Waals surface area contributed by atoms with Crippen LogP contribution in [0, 0.1) is 0 Å². The second-order valence-electron chi connectivity index (χ2n) is 7.41. The fourth-order valence-electron chi connectivity index (χ4n) is 2.64. The highest BCUT2D eigenvalue weighted by atomic mass is 16.6. The molecule has 1 amide bonds. The second kappa shape index (κ2) is 8.24. The van der Waals surface area contributed by atoms with E-state index in [0.717, 1.165) is 5.56 Å². The summed E-state index contributed by atoms with van der Waals surface area (Å²) in [4.78, 5) is 36.4. The molecule has 1 aliphatic rings. The van der Waals surface area contributed by atoms with Crippen LogP contribution in [0.5, 0.6) is 0 Å². The lowest BCUT2D eigenvalue weighted by Crippen LogP contribution is -2.39. The van der Waals surface area contributed by atoms with Crippen LogP contribution in [0.15, 0.2) is 41.7 Å². The van der Waals surface area contributed by atoms with Gasteiger partial charge in [-0.15, -0.1) is 0 Å². The Balaban J connectivity index is 2.04. The summed E-state index contributed by atoms with van der Waals surface area (Å²) in [7, 11) is 0. The van der Waals surface area contributed by atoms with Crippen LogP contribution in [0.3, 0.4) is 0 Å². The molecule has 27 heavy (non-hydrogen) atoms. The number of cyclic esters (lactones) is 1. The zero-order valence-corrected chi connectivity index (χ0v) is 15.9. The summed E-state index contributed by atoms with van der Waals surface area (Å²) in [6, 6.07) is 8.53. The maximum Gasteiger partial charge on any atom is 0.408 e. The van der Waals surface area contributed by atoms with Crippen LogP contribution in [0.1, 0.15) is 39.7 Å². The van der Waals surface area contributed by atoms with Crippen molar-refractivity contribution < 1.29 is 29.0 Å². The minimum atomic E-state index is -0.973. The highest BCUT2D eigenvalue weighted by Gasteiger charge is 2.41. The van der Waals surface area contributed by atoms with Crippen molar-refractivity contribution in [3.05, 3.63) is 47.2 Å².